The average Bonchev–Trinajstić information content (AvgIpc) is 3.66. The van der Waals surface area contributed by atoms with Crippen LogP contribution in [-0.4, -0.2) is 40.1 Å². The van der Waals surface area contributed by atoms with Gasteiger partial charge in [0, 0.05) is 29.1 Å². The molecule has 3 aliphatic heterocycles. The van der Waals surface area contributed by atoms with Crippen molar-refractivity contribution >= 4 is 48.9 Å². The molecule has 5 heterocycles. The van der Waals surface area contributed by atoms with Crippen LogP contribution in [0, 0.1) is 17.1 Å². The molecule has 2 fully saturated rings. The Morgan fingerprint density at radius 3 is 3.03 bits per heavy atom. The first-order valence-corrected chi connectivity index (χ1v) is 13.6. The molecule has 192 valence electrons. The lowest BCUT2D eigenvalue weighted by molar-refractivity contribution is 0.108. The second-order valence-corrected chi connectivity index (χ2v) is 11.7. The molecular weight excluding hydrogens is 525 g/mol. The van der Waals surface area contributed by atoms with Crippen LogP contribution in [0.3, 0.4) is 0 Å². The van der Waals surface area contributed by atoms with Gasteiger partial charge < -0.3 is 15.2 Å². The Balaban J connectivity index is 1.37. The summed E-state index contributed by atoms with van der Waals surface area (Å²) in [5.41, 5.74) is 11.2. The first-order valence-electron chi connectivity index (χ1n) is 12.4. The van der Waals surface area contributed by atoms with E-state index >= 15 is 0 Å². The number of nitriles is 1. The lowest BCUT2D eigenvalue weighted by atomic mass is 9.91. The topological polar surface area (TPSA) is 97.3 Å². The van der Waals surface area contributed by atoms with E-state index in [1.807, 2.05) is 0 Å². The minimum Gasteiger partial charge on any atom is -0.461 e. The van der Waals surface area contributed by atoms with Crippen LogP contribution in [-0.2, 0) is 18.0 Å². The van der Waals surface area contributed by atoms with E-state index < -0.39 is 5.82 Å². The highest BCUT2D eigenvalue weighted by Gasteiger charge is 2.46. The van der Waals surface area contributed by atoms with Crippen LogP contribution >= 0.6 is 22.9 Å². The van der Waals surface area contributed by atoms with Crippen LogP contribution in [0.5, 0.6) is 6.01 Å². The van der Waals surface area contributed by atoms with E-state index in [0.29, 0.717) is 51.6 Å². The number of nitrogens with two attached hydrogens (primary N) is 1. The number of nitrogen functional groups attached to an aromatic ring is 1. The van der Waals surface area contributed by atoms with Crippen molar-refractivity contribution in [1.82, 2.24) is 14.9 Å². The molecule has 38 heavy (non-hydrogen) atoms. The Labute approximate surface area is 227 Å². The number of fused-ring (bicyclic) bond motifs is 5. The summed E-state index contributed by atoms with van der Waals surface area (Å²) >= 11 is 8.14. The zero-order valence-electron chi connectivity index (χ0n) is 20.4. The third-order valence-corrected chi connectivity index (χ3v) is 9.48. The number of hydrogen-bond donors (Lipinski definition) is 1. The highest BCUT2D eigenvalue weighted by molar-refractivity contribution is 7.23. The van der Waals surface area contributed by atoms with Crippen molar-refractivity contribution in [1.29, 1.82) is 5.26 Å². The summed E-state index contributed by atoms with van der Waals surface area (Å²) < 4.78 is 27.1. The molecule has 4 aromatic rings. The summed E-state index contributed by atoms with van der Waals surface area (Å²) in [6.07, 6.45) is 4.85. The molecule has 10 heteroatoms. The van der Waals surface area contributed by atoms with E-state index in [1.165, 1.54) is 11.6 Å². The molecule has 2 aromatic carbocycles. The van der Waals surface area contributed by atoms with Crippen LogP contribution in [0.1, 0.15) is 36.0 Å². The van der Waals surface area contributed by atoms with Gasteiger partial charge in [-0.2, -0.15) is 10.2 Å². The van der Waals surface area contributed by atoms with Crippen molar-refractivity contribution in [3.63, 3.8) is 0 Å². The van der Waals surface area contributed by atoms with Crippen molar-refractivity contribution in [2.24, 2.45) is 0 Å². The van der Waals surface area contributed by atoms with Crippen LogP contribution < -0.4 is 10.5 Å². The van der Waals surface area contributed by atoms with Gasteiger partial charge in [0.1, 0.15) is 23.5 Å². The fraction of sp³-hybridized carbons (Fsp3) is 0.321. The highest BCUT2D eigenvalue weighted by atomic mass is 35.5. The molecule has 0 bridgehead atoms. The van der Waals surface area contributed by atoms with Gasteiger partial charge in [-0.15, -0.1) is 11.3 Å². The molecule has 2 N–H and O–H groups in total. The number of hydrogen-bond acceptors (Lipinski definition) is 8. The number of ether oxygens (including phenoxy) is 2. The van der Waals surface area contributed by atoms with Crippen LogP contribution in [0.15, 0.2) is 30.5 Å². The molecule has 7 rings (SSSR count). The highest BCUT2D eigenvalue weighted by Crippen LogP contribution is 2.48. The molecule has 7 nitrogen and oxygen atoms in total. The maximum Gasteiger partial charge on any atom is 0.317 e. The number of anilines is 1. The van der Waals surface area contributed by atoms with Gasteiger partial charge in [-0.3, -0.25) is 4.90 Å². The first kappa shape index (κ1) is 23.8. The lowest BCUT2D eigenvalue weighted by Gasteiger charge is -2.30. The zero-order valence-corrected chi connectivity index (χ0v) is 22.0. The van der Waals surface area contributed by atoms with E-state index in [2.05, 4.69) is 22.5 Å². The van der Waals surface area contributed by atoms with E-state index in [1.54, 1.807) is 12.3 Å². The van der Waals surface area contributed by atoms with Crippen molar-refractivity contribution in [3.05, 3.63) is 58.0 Å². The molecule has 0 radical (unpaired) electrons. The Kier molecular flexibility index (Phi) is 5.39. The van der Waals surface area contributed by atoms with Gasteiger partial charge in [0.2, 0.25) is 0 Å². The number of thiophene rings is 1. The van der Waals surface area contributed by atoms with E-state index in [9.17, 15) is 9.65 Å². The van der Waals surface area contributed by atoms with E-state index in [0.717, 1.165) is 60.2 Å². The lowest BCUT2D eigenvalue weighted by Crippen LogP contribution is -2.43. The molecule has 1 atom stereocenters. The van der Waals surface area contributed by atoms with Crippen molar-refractivity contribution in [2.45, 2.75) is 38.0 Å². The van der Waals surface area contributed by atoms with Gasteiger partial charge in [0.05, 0.1) is 39.6 Å². The number of benzene rings is 2. The second-order valence-electron chi connectivity index (χ2n) is 10.3. The molecule has 0 amide bonds. The van der Waals surface area contributed by atoms with Crippen LogP contribution in [0.2, 0.25) is 5.02 Å². The van der Waals surface area contributed by atoms with Gasteiger partial charge in [-0.05, 0) is 48.6 Å². The SMILES string of the molecule is C=C1CN2CCC[C@]2(COc2ncc3c4c(c(-c5ccc(F)c6sc(N)c(C#N)c56)c(Cl)c3n2)COC4)C1. The van der Waals surface area contributed by atoms with E-state index in [-0.39, 0.29) is 22.1 Å². The van der Waals surface area contributed by atoms with Gasteiger partial charge in [-0.25, -0.2) is 9.37 Å². The van der Waals surface area contributed by atoms with E-state index in [4.69, 9.17) is 31.8 Å². The largest absolute Gasteiger partial charge is 0.461 e. The maximum atomic E-state index is 14.8. The van der Waals surface area contributed by atoms with Crippen LogP contribution in [0.4, 0.5) is 9.39 Å². The molecular formula is C28H23ClFN5O2S. The normalized spacial score (nSPS) is 20.8. The Morgan fingerprint density at radius 2 is 2.18 bits per heavy atom. The molecule has 0 spiro atoms. The Hall–Kier alpha value is -3.29. The molecule has 0 aliphatic carbocycles. The minimum absolute atomic E-state index is 0.0532. The minimum atomic E-state index is -0.431. The fourth-order valence-electron chi connectivity index (χ4n) is 6.40. The third-order valence-electron chi connectivity index (χ3n) is 8.08. The molecule has 0 saturated carbocycles. The smallest absolute Gasteiger partial charge is 0.317 e. The van der Waals surface area contributed by atoms with Gasteiger partial charge >= 0.3 is 6.01 Å². The van der Waals surface area contributed by atoms with Gasteiger partial charge in [0.15, 0.2) is 0 Å². The summed E-state index contributed by atoms with van der Waals surface area (Å²) in [6.45, 7) is 7.34. The van der Waals surface area contributed by atoms with Gasteiger partial charge in [0.25, 0.3) is 0 Å². The summed E-state index contributed by atoms with van der Waals surface area (Å²) in [4.78, 5) is 11.7. The number of nitrogens with zero attached hydrogens (tertiary/aromatic N) is 4. The predicted octanol–water partition coefficient (Wildman–Crippen LogP) is 5.96. The standard InChI is InChI=1S/C28H23ClFN5O2S/c1-14-7-28(5-2-6-35(28)10-14)13-37-27-33-9-17-18-11-36-12-19(18)21(23(29)24(17)34-27)15-3-4-20(30)25-22(15)16(8-31)26(32)38-25/h3-4,9H,1-2,5-7,10-13,32H2/t28-/m1/s1. The summed E-state index contributed by atoms with van der Waals surface area (Å²) in [7, 11) is 0. The zero-order chi connectivity index (χ0) is 26.2. The molecule has 2 aromatic heterocycles. The Morgan fingerprint density at radius 1 is 1.34 bits per heavy atom. The average molecular weight is 548 g/mol. The second kappa shape index (κ2) is 8.61. The summed E-state index contributed by atoms with van der Waals surface area (Å²) in [5.74, 6) is -0.431. The number of halogens is 2. The Bertz CT molecular complexity index is 1730. The maximum absolute atomic E-state index is 14.8. The number of aromatic nitrogens is 2. The van der Waals surface area contributed by atoms with Crippen molar-refractivity contribution < 1.29 is 13.9 Å². The predicted molar refractivity (Wildman–Crippen MR) is 146 cm³/mol. The van der Waals surface area contributed by atoms with Gasteiger partial charge in [-0.1, -0.05) is 29.8 Å². The fourth-order valence-corrected chi connectivity index (χ4v) is 7.71. The number of rotatable bonds is 4. The summed E-state index contributed by atoms with van der Waals surface area (Å²) in [6, 6.07) is 5.43. The first-order chi connectivity index (χ1) is 18.4. The monoisotopic (exact) mass is 547 g/mol. The third kappa shape index (κ3) is 3.38. The van der Waals surface area contributed by atoms with Crippen molar-refractivity contribution in [3.8, 4) is 23.2 Å². The molecule has 2 saturated heterocycles. The molecule has 3 aliphatic rings. The molecule has 0 unspecified atom stereocenters. The quantitative estimate of drug-likeness (QED) is 0.315. The summed E-state index contributed by atoms with van der Waals surface area (Å²) in [5, 5.41) is 11.7. The van der Waals surface area contributed by atoms with Crippen molar-refractivity contribution in [2.75, 3.05) is 25.4 Å². The van der Waals surface area contributed by atoms with Crippen LogP contribution in [0.25, 0.3) is 32.1 Å².